The lowest BCUT2D eigenvalue weighted by atomic mass is 9.96. The van der Waals surface area contributed by atoms with E-state index in [1.165, 1.54) is 36.4 Å². The molecule has 2 aliphatic rings. The summed E-state index contributed by atoms with van der Waals surface area (Å²) in [5.41, 5.74) is 0.140. The van der Waals surface area contributed by atoms with Gasteiger partial charge in [-0.15, -0.1) is 0 Å². The van der Waals surface area contributed by atoms with Crippen LogP contribution in [0.4, 0.5) is 4.39 Å². The minimum atomic E-state index is -1.20. The van der Waals surface area contributed by atoms with Crippen LogP contribution in [-0.4, -0.2) is 86.4 Å². The Labute approximate surface area is 173 Å². The normalized spacial score (nSPS) is 19.5. The summed E-state index contributed by atoms with van der Waals surface area (Å²) in [6, 6.07) is 5.18. The highest BCUT2D eigenvalue weighted by Gasteiger charge is 2.41. The van der Waals surface area contributed by atoms with Gasteiger partial charge in [-0.05, 0) is 24.3 Å². The Morgan fingerprint density at radius 3 is 2.57 bits per heavy atom. The lowest BCUT2D eigenvalue weighted by molar-refractivity contribution is -0.139. The van der Waals surface area contributed by atoms with Crippen molar-refractivity contribution >= 4 is 23.4 Å². The van der Waals surface area contributed by atoms with E-state index in [4.69, 9.17) is 9.47 Å². The van der Waals surface area contributed by atoms with Gasteiger partial charge >= 0.3 is 5.97 Å². The van der Waals surface area contributed by atoms with Crippen LogP contribution in [-0.2, 0) is 23.9 Å². The first-order valence-corrected chi connectivity index (χ1v) is 9.64. The van der Waals surface area contributed by atoms with E-state index in [1.54, 1.807) is 0 Å². The first-order chi connectivity index (χ1) is 14.5. The van der Waals surface area contributed by atoms with Crippen molar-refractivity contribution in [1.29, 1.82) is 0 Å². The van der Waals surface area contributed by atoms with Gasteiger partial charge in [-0.25, -0.2) is 9.40 Å². The number of carbonyl (C=O) groups is 3. The van der Waals surface area contributed by atoms with Gasteiger partial charge in [-0.2, -0.15) is 5.10 Å². The second kappa shape index (κ2) is 10.3. The summed E-state index contributed by atoms with van der Waals surface area (Å²) in [5.74, 6) is -2.94. The Bertz CT molecular complexity index is 807. The number of esters is 1. The average molecular weight is 421 g/mol. The smallest absolute Gasteiger partial charge is 0.311 e. The number of ketones is 1. The number of hydrogen-bond acceptors (Lipinski definition) is 8. The molecule has 1 unspecified atom stereocenters. The van der Waals surface area contributed by atoms with Crippen molar-refractivity contribution in [3.8, 4) is 5.75 Å². The van der Waals surface area contributed by atoms with Gasteiger partial charge in [0.15, 0.2) is 5.78 Å². The number of Topliss-reactive ketones (excluding diaryl/α,β-unsaturated/α-hetero) is 1. The summed E-state index contributed by atoms with van der Waals surface area (Å²) < 4.78 is 28.3. The molecular formula is C20H24FN3O6. The van der Waals surface area contributed by atoms with Gasteiger partial charge in [-0.1, -0.05) is 0 Å². The van der Waals surface area contributed by atoms with Crippen molar-refractivity contribution < 1.29 is 33.0 Å². The molecule has 1 atom stereocenters. The van der Waals surface area contributed by atoms with Gasteiger partial charge in [0.25, 0.3) is 5.91 Å². The van der Waals surface area contributed by atoms with Gasteiger partial charge in [0, 0.05) is 19.6 Å². The van der Waals surface area contributed by atoms with Crippen molar-refractivity contribution in [2.24, 2.45) is 11.0 Å². The van der Waals surface area contributed by atoms with Crippen LogP contribution in [0.15, 0.2) is 29.4 Å². The predicted octanol–water partition coefficient (Wildman–Crippen LogP) is 0.483. The zero-order valence-corrected chi connectivity index (χ0v) is 16.7. The number of morpholine rings is 1. The molecule has 2 heterocycles. The van der Waals surface area contributed by atoms with Crippen LogP contribution in [0.2, 0.25) is 0 Å². The maximum atomic E-state index is 13.0. The van der Waals surface area contributed by atoms with E-state index >= 15 is 0 Å². The highest BCUT2D eigenvalue weighted by molar-refractivity contribution is 6.25. The number of amides is 1. The van der Waals surface area contributed by atoms with Crippen LogP contribution >= 0.6 is 0 Å². The maximum absolute atomic E-state index is 13.0. The summed E-state index contributed by atoms with van der Waals surface area (Å²) in [4.78, 5) is 39.4. The summed E-state index contributed by atoms with van der Waals surface area (Å²) in [7, 11) is 1.23. The van der Waals surface area contributed by atoms with E-state index in [1.807, 2.05) is 0 Å². The summed E-state index contributed by atoms with van der Waals surface area (Å²) in [6.45, 7) is 3.26. The molecule has 1 amide bonds. The van der Waals surface area contributed by atoms with Crippen LogP contribution in [0, 0.1) is 11.7 Å². The first kappa shape index (κ1) is 21.8. The molecule has 30 heavy (non-hydrogen) atoms. The molecule has 9 nitrogen and oxygen atoms in total. The largest absolute Gasteiger partial charge is 0.486 e. The molecule has 0 N–H and O–H groups in total. The van der Waals surface area contributed by atoms with E-state index in [0.29, 0.717) is 32.1 Å². The Balaban J connectivity index is 1.64. The van der Waals surface area contributed by atoms with Crippen LogP contribution in [0.25, 0.3) is 0 Å². The third kappa shape index (κ3) is 5.61. The van der Waals surface area contributed by atoms with E-state index < -0.39 is 36.0 Å². The first-order valence-electron chi connectivity index (χ1n) is 9.64. The van der Waals surface area contributed by atoms with E-state index in [2.05, 4.69) is 14.7 Å². The Hall–Kier alpha value is -2.85. The van der Waals surface area contributed by atoms with Gasteiger partial charge in [0.1, 0.15) is 24.1 Å². The second-order valence-corrected chi connectivity index (χ2v) is 6.90. The standard InChI is InChI=1S/C20H24FN3O6/c1-28-18(26)12-16-19(17(25)13-30-15-4-2-14(21)3-5-15)20(27)24(22-16)7-6-23-8-10-29-11-9-23/h2-5,19H,6-13H2,1H3. The van der Waals surface area contributed by atoms with Crippen molar-refractivity contribution in [2.45, 2.75) is 6.42 Å². The van der Waals surface area contributed by atoms with Crippen molar-refractivity contribution in [2.75, 3.05) is 53.1 Å². The quantitative estimate of drug-likeness (QED) is 0.423. The monoisotopic (exact) mass is 421 g/mol. The highest BCUT2D eigenvalue weighted by atomic mass is 19.1. The van der Waals surface area contributed by atoms with E-state index in [-0.39, 0.29) is 12.1 Å². The number of hydrazone groups is 1. The molecular weight excluding hydrogens is 397 g/mol. The zero-order chi connectivity index (χ0) is 21.5. The Kier molecular flexibility index (Phi) is 7.47. The summed E-state index contributed by atoms with van der Waals surface area (Å²) in [6.07, 6.45) is -0.261. The molecule has 0 saturated carbocycles. The molecule has 1 fully saturated rings. The van der Waals surface area contributed by atoms with Crippen LogP contribution in [0.5, 0.6) is 5.75 Å². The minimum absolute atomic E-state index is 0.140. The molecule has 2 aliphatic heterocycles. The fourth-order valence-electron chi connectivity index (χ4n) is 3.22. The molecule has 0 aliphatic carbocycles. The van der Waals surface area contributed by atoms with Crippen LogP contribution < -0.4 is 4.74 Å². The number of hydrogen-bond donors (Lipinski definition) is 0. The molecule has 1 aromatic carbocycles. The van der Waals surface area contributed by atoms with Crippen LogP contribution in [0.1, 0.15) is 6.42 Å². The van der Waals surface area contributed by atoms with Gasteiger partial charge in [0.05, 0.1) is 39.0 Å². The SMILES string of the molecule is COC(=O)CC1=NN(CCN2CCOCC2)C(=O)C1C(=O)COc1ccc(F)cc1. The van der Waals surface area contributed by atoms with E-state index in [9.17, 15) is 18.8 Å². The molecule has 162 valence electrons. The Morgan fingerprint density at radius 1 is 1.20 bits per heavy atom. The molecule has 0 spiro atoms. The molecule has 3 rings (SSSR count). The fourth-order valence-corrected chi connectivity index (χ4v) is 3.22. The number of rotatable bonds is 9. The third-order valence-corrected chi connectivity index (χ3v) is 4.89. The van der Waals surface area contributed by atoms with Crippen molar-refractivity contribution in [3.63, 3.8) is 0 Å². The summed E-state index contributed by atoms with van der Waals surface area (Å²) >= 11 is 0. The molecule has 0 aromatic heterocycles. The topological polar surface area (TPSA) is 97.7 Å². The lowest BCUT2D eigenvalue weighted by Crippen LogP contribution is -2.42. The maximum Gasteiger partial charge on any atom is 0.311 e. The lowest BCUT2D eigenvalue weighted by Gasteiger charge is -2.27. The molecule has 1 saturated heterocycles. The zero-order valence-electron chi connectivity index (χ0n) is 16.7. The number of carbonyl (C=O) groups excluding carboxylic acids is 3. The molecule has 0 bridgehead atoms. The minimum Gasteiger partial charge on any atom is -0.486 e. The fraction of sp³-hybridized carbons (Fsp3) is 0.500. The molecule has 1 aromatic rings. The highest BCUT2D eigenvalue weighted by Crippen LogP contribution is 2.21. The van der Waals surface area contributed by atoms with Gasteiger partial charge < -0.3 is 14.2 Å². The average Bonchev–Trinajstić information content (AvgIpc) is 3.07. The van der Waals surface area contributed by atoms with E-state index in [0.717, 1.165) is 13.1 Å². The third-order valence-electron chi connectivity index (χ3n) is 4.89. The van der Waals surface area contributed by atoms with Gasteiger partial charge in [0.2, 0.25) is 0 Å². The Morgan fingerprint density at radius 2 is 1.90 bits per heavy atom. The van der Waals surface area contributed by atoms with Crippen LogP contribution in [0.3, 0.4) is 0 Å². The molecule has 0 radical (unpaired) electrons. The van der Waals surface area contributed by atoms with Crippen molar-refractivity contribution in [3.05, 3.63) is 30.1 Å². The number of methoxy groups -OCH3 is 1. The summed E-state index contributed by atoms with van der Waals surface area (Å²) in [5, 5.41) is 5.46. The number of ether oxygens (including phenoxy) is 3. The van der Waals surface area contributed by atoms with Gasteiger partial charge in [-0.3, -0.25) is 19.3 Å². The predicted molar refractivity (Wildman–Crippen MR) is 103 cm³/mol. The number of halogens is 1. The van der Waals surface area contributed by atoms with Crippen molar-refractivity contribution in [1.82, 2.24) is 9.91 Å². The second-order valence-electron chi connectivity index (χ2n) is 6.90. The molecule has 10 heteroatoms. The number of benzene rings is 1. The number of nitrogens with zero attached hydrogens (tertiary/aromatic N) is 3.